The van der Waals surface area contributed by atoms with Crippen LogP contribution < -0.4 is 0 Å². The molecule has 1 aromatic heterocycles. The van der Waals surface area contributed by atoms with Gasteiger partial charge in [-0.15, -0.1) is 21.8 Å². The van der Waals surface area contributed by atoms with Gasteiger partial charge in [0.25, 0.3) is 0 Å². The lowest BCUT2D eigenvalue weighted by molar-refractivity contribution is -0.131. The number of hydrogen-bond acceptors (Lipinski definition) is 3. The molecule has 6 heteroatoms. The molecule has 0 N–H and O–H groups in total. The number of carbonyl (C=O) groups excluding carboxylic acids is 1. The molecule has 0 aliphatic heterocycles. The Morgan fingerprint density at radius 3 is 2.75 bits per heavy atom. The first-order valence-electron chi connectivity index (χ1n) is 5.43. The van der Waals surface area contributed by atoms with E-state index in [0.29, 0.717) is 24.7 Å². The number of aryl methyl sites for hydroxylation is 1. The van der Waals surface area contributed by atoms with Crippen molar-refractivity contribution >= 4 is 17.5 Å². The maximum atomic E-state index is 11.7. The van der Waals surface area contributed by atoms with Crippen molar-refractivity contribution in [1.82, 2.24) is 19.7 Å². The van der Waals surface area contributed by atoms with Crippen LogP contribution in [0.15, 0.2) is 6.33 Å². The first kappa shape index (κ1) is 13.0. The molecule has 16 heavy (non-hydrogen) atoms. The fraction of sp³-hybridized carbons (Fsp3) is 0.700. The van der Waals surface area contributed by atoms with Gasteiger partial charge in [-0.1, -0.05) is 0 Å². The minimum Gasteiger partial charge on any atom is -0.343 e. The Morgan fingerprint density at radius 1 is 1.50 bits per heavy atom. The predicted molar refractivity (Wildman–Crippen MR) is 62.1 cm³/mol. The van der Waals surface area contributed by atoms with Crippen molar-refractivity contribution in [3.63, 3.8) is 0 Å². The summed E-state index contributed by atoms with van der Waals surface area (Å²) in [5, 5.41) is 7.61. The zero-order valence-electron chi connectivity index (χ0n) is 9.69. The van der Waals surface area contributed by atoms with Gasteiger partial charge in [0, 0.05) is 26.1 Å². The van der Waals surface area contributed by atoms with Crippen LogP contribution in [0, 0.1) is 0 Å². The summed E-state index contributed by atoms with van der Waals surface area (Å²) in [5.74, 6) is 1.17. The number of halogens is 1. The van der Waals surface area contributed by atoms with E-state index in [1.54, 1.807) is 6.33 Å². The average molecular weight is 245 g/mol. The van der Waals surface area contributed by atoms with Gasteiger partial charge in [0.1, 0.15) is 12.2 Å². The van der Waals surface area contributed by atoms with Crippen molar-refractivity contribution in [2.75, 3.05) is 13.1 Å². The van der Waals surface area contributed by atoms with E-state index in [1.807, 2.05) is 23.3 Å². The number of rotatable bonds is 6. The van der Waals surface area contributed by atoms with E-state index < -0.39 is 0 Å². The summed E-state index contributed by atoms with van der Waals surface area (Å²) in [6.07, 6.45) is 2.07. The zero-order chi connectivity index (χ0) is 12.0. The van der Waals surface area contributed by atoms with Crippen LogP contribution in [0.25, 0.3) is 0 Å². The molecule has 0 unspecified atom stereocenters. The van der Waals surface area contributed by atoms with Crippen LogP contribution in [0.3, 0.4) is 0 Å². The topological polar surface area (TPSA) is 51.0 Å². The molecule has 0 bridgehead atoms. The van der Waals surface area contributed by atoms with Gasteiger partial charge < -0.3 is 9.47 Å². The molecule has 0 atom stereocenters. The highest BCUT2D eigenvalue weighted by atomic mass is 35.5. The van der Waals surface area contributed by atoms with Crippen molar-refractivity contribution in [2.24, 2.45) is 0 Å². The lowest BCUT2D eigenvalue weighted by Gasteiger charge is -2.18. The third-order valence-electron chi connectivity index (χ3n) is 2.50. The van der Waals surface area contributed by atoms with E-state index in [0.717, 1.165) is 13.1 Å². The predicted octanol–water partition coefficient (Wildman–Crippen LogP) is 1.28. The summed E-state index contributed by atoms with van der Waals surface area (Å²) in [7, 11) is 0. The van der Waals surface area contributed by atoms with Crippen LogP contribution in [-0.2, 0) is 17.2 Å². The molecule has 0 aromatic carbocycles. The van der Waals surface area contributed by atoms with Gasteiger partial charge in [-0.25, -0.2) is 0 Å². The Morgan fingerprint density at radius 2 is 2.19 bits per heavy atom. The van der Waals surface area contributed by atoms with Crippen LogP contribution in [0.4, 0.5) is 0 Å². The minimum atomic E-state index is 0.152. The van der Waals surface area contributed by atoms with Crippen LogP contribution in [-0.4, -0.2) is 38.7 Å². The molecule has 0 aliphatic carbocycles. The molecule has 5 nitrogen and oxygen atoms in total. The Hall–Kier alpha value is -1.10. The second-order valence-corrected chi connectivity index (χ2v) is 3.66. The summed E-state index contributed by atoms with van der Waals surface area (Å²) >= 11 is 5.69. The van der Waals surface area contributed by atoms with Crippen LogP contribution in [0.1, 0.15) is 26.1 Å². The summed E-state index contributed by atoms with van der Waals surface area (Å²) in [4.78, 5) is 13.5. The first-order chi connectivity index (χ1) is 7.72. The number of nitrogens with zero attached hydrogens (tertiary/aromatic N) is 4. The summed E-state index contributed by atoms with van der Waals surface area (Å²) < 4.78 is 1.81. The molecule has 0 aliphatic rings. The highest BCUT2D eigenvalue weighted by molar-refractivity contribution is 6.16. The SMILES string of the molecule is CCN(CC)C(=O)CCn1cnnc1CCl. The molecule has 1 heterocycles. The molecule has 0 radical (unpaired) electrons. The third-order valence-corrected chi connectivity index (χ3v) is 2.74. The highest BCUT2D eigenvalue weighted by Crippen LogP contribution is 2.02. The van der Waals surface area contributed by atoms with Crippen LogP contribution >= 0.6 is 11.6 Å². The Kier molecular flexibility index (Phi) is 5.25. The van der Waals surface area contributed by atoms with E-state index in [1.165, 1.54) is 0 Å². The van der Waals surface area contributed by atoms with Gasteiger partial charge in [0.05, 0.1) is 5.88 Å². The molecule has 1 amide bonds. The maximum absolute atomic E-state index is 11.7. The van der Waals surface area contributed by atoms with Gasteiger partial charge in [-0.3, -0.25) is 4.79 Å². The largest absolute Gasteiger partial charge is 0.343 e. The van der Waals surface area contributed by atoms with Crippen molar-refractivity contribution in [1.29, 1.82) is 0 Å². The Bertz CT molecular complexity index is 335. The smallest absolute Gasteiger partial charge is 0.224 e. The molecule has 0 saturated heterocycles. The van der Waals surface area contributed by atoms with E-state index in [2.05, 4.69) is 10.2 Å². The number of amides is 1. The Labute approximate surface area is 100 Å². The minimum absolute atomic E-state index is 0.152. The summed E-state index contributed by atoms with van der Waals surface area (Å²) in [6, 6.07) is 0. The van der Waals surface area contributed by atoms with E-state index in [4.69, 9.17) is 11.6 Å². The lowest BCUT2D eigenvalue weighted by atomic mass is 10.3. The van der Waals surface area contributed by atoms with Crippen molar-refractivity contribution < 1.29 is 4.79 Å². The van der Waals surface area contributed by atoms with Gasteiger partial charge >= 0.3 is 0 Å². The number of hydrogen-bond donors (Lipinski definition) is 0. The van der Waals surface area contributed by atoms with Gasteiger partial charge in [0.2, 0.25) is 5.91 Å². The Balaban J connectivity index is 2.48. The fourth-order valence-corrected chi connectivity index (χ4v) is 1.73. The summed E-state index contributed by atoms with van der Waals surface area (Å²) in [5.41, 5.74) is 0. The van der Waals surface area contributed by atoms with Gasteiger partial charge in [-0.05, 0) is 13.8 Å². The second kappa shape index (κ2) is 6.48. The molecule has 90 valence electrons. The maximum Gasteiger partial charge on any atom is 0.224 e. The monoisotopic (exact) mass is 244 g/mol. The first-order valence-corrected chi connectivity index (χ1v) is 5.96. The summed E-state index contributed by atoms with van der Waals surface area (Å²) in [6.45, 7) is 6.04. The van der Waals surface area contributed by atoms with Gasteiger partial charge in [0.15, 0.2) is 0 Å². The van der Waals surface area contributed by atoms with Crippen LogP contribution in [0.5, 0.6) is 0 Å². The third kappa shape index (κ3) is 3.20. The molecular formula is C10H17ClN4O. The normalized spacial score (nSPS) is 10.4. The van der Waals surface area contributed by atoms with Crippen molar-refractivity contribution in [3.05, 3.63) is 12.2 Å². The van der Waals surface area contributed by atoms with E-state index in [9.17, 15) is 4.79 Å². The van der Waals surface area contributed by atoms with Gasteiger partial charge in [-0.2, -0.15) is 0 Å². The van der Waals surface area contributed by atoms with Crippen LogP contribution in [0.2, 0.25) is 0 Å². The molecule has 0 spiro atoms. The molecule has 0 saturated carbocycles. The van der Waals surface area contributed by atoms with E-state index >= 15 is 0 Å². The molecule has 1 aromatic rings. The molecule has 0 fully saturated rings. The highest BCUT2D eigenvalue weighted by Gasteiger charge is 2.10. The van der Waals surface area contributed by atoms with E-state index in [-0.39, 0.29) is 5.91 Å². The van der Waals surface area contributed by atoms with Crippen molar-refractivity contribution in [3.8, 4) is 0 Å². The van der Waals surface area contributed by atoms with Crippen molar-refractivity contribution in [2.45, 2.75) is 32.7 Å². The molecule has 1 rings (SSSR count). The number of aromatic nitrogens is 3. The molecular weight excluding hydrogens is 228 g/mol. The standard InChI is InChI=1S/C10H17ClN4O/c1-3-14(4-2)10(16)5-6-15-8-12-13-9(15)7-11/h8H,3-7H2,1-2H3. The second-order valence-electron chi connectivity index (χ2n) is 3.39. The number of carbonyl (C=O) groups is 1. The fourth-order valence-electron chi connectivity index (χ4n) is 1.52. The quantitative estimate of drug-likeness (QED) is 0.709. The average Bonchev–Trinajstić information content (AvgIpc) is 2.75. The lowest BCUT2D eigenvalue weighted by Crippen LogP contribution is -2.31. The number of alkyl halides is 1. The zero-order valence-corrected chi connectivity index (χ0v) is 10.4.